The number of aliphatic imine (C=N–C) groups is 3. The van der Waals surface area contributed by atoms with E-state index >= 15 is 0 Å². The van der Waals surface area contributed by atoms with Crippen molar-refractivity contribution in [2.75, 3.05) is 20.0 Å². The predicted molar refractivity (Wildman–Crippen MR) is 137 cm³/mol. The fourth-order valence-electron chi connectivity index (χ4n) is 3.14. The molecule has 0 amide bonds. The molecular weight excluding hydrogens is 572 g/mol. The molecule has 0 N–H and O–H groups in total. The van der Waals surface area contributed by atoms with Gasteiger partial charge in [-0.25, -0.2) is 33.6 Å². The summed E-state index contributed by atoms with van der Waals surface area (Å²) in [4.78, 5) is 90.0. The summed E-state index contributed by atoms with van der Waals surface area (Å²) in [6, 6.07) is 9.29. The molecule has 2 unspecified atom stereocenters. The topological polar surface area (TPSA) is 227 Å². The van der Waals surface area contributed by atoms with Gasteiger partial charge >= 0.3 is 23.9 Å². The maximum atomic E-state index is 12.2. The highest BCUT2D eigenvalue weighted by Gasteiger charge is 2.23. The fourth-order valence-corrected chi connectivity index (χ4v) is 3.14. The molecular formula is C27H20N4O12. The molecule has 2 aromatic carbocycles. The van der Waals surface area contributed by atoms with E-state index in [1.54, 1.807) is 0 Å². The highest BCUT2D eigenvalue weighted by Crippen LogP contribution is 2.16. The number of carbonyl (C=O) groups excluding carboxylic acids is 7. The van der Waals surface area contributed by atoms with E-state index in [1.807, 2.05) is 0 Å². The van der Waals surface area contributed by atoms with Crippen molar-refractivity contribution < 1.29 is 57.2 Å². The van der Waals surface area contributed by atoms with Crippen molar-refractivity contribution in [1.29, 1.82) is 5.26 Å². The molecule has 2 atom stereocenters. The van der Waals surface area contributed by atoms with E-state index in [0.717, 1.165) is 0 Å². The Labute approximate surface area is 242 Å². The molecule has 2 aromatic rings. The molecule has 0 heterocycles. The van der Waals surface area contributed by atoms with Crippen molar-refractivity contribution in [1.82, 2.24) is 0 Å². The van der Waals surface area contributed by atoms with Gasteiger partial charge in [0.15, 0.2) is 25.3 Å². The molecule has 0 radical (unpaired) electrons. The van der Waals surface area contributed by atoms with Crippen molar-refractivity contribution in [2.24, 2.45) is 15.0 Å². The summed E-state index contributed by atoms with van der Waals surface area (Å²) >= 11 is 0. The predicted octanol–water partition coefficient (Wildman–Crippen LogP) is 0.838. The Hall–Kier alpha value is -6.25. The summed E-state index contributed by atoms with van der Waals surface area (Å²) in [6.07, 6.45) is 5.18. The van der Waals surface area contributed by atoms with Crippen molar-refractivity contribution in [2.45, 2.75) is 24.9 Å². The Balaban J connectivity index is 1.74. The standard InChI is InChI=1S/C27H20N4O12/c28-13-41-21-7-3-19(4-8-21)10-23(31-16-34)27(38)40-12-25(36)43-17-42-24(35)11-39-26(37)22(30-15-33)9-18-1-5-20(6-2-18)29-14-32/h1-8,22-23H,9-12,17H2. The molecule has 43 heavy (non-hydrogen) atoms. The molecule has 0 fully saturated rings. The minimum absolute atomic E-state index is 0.0892. The quantitative estimate of drug-likeness (QED) is 0.0658. The molecule has 0 saturated heterocycles. The SMILES string of the molecule is N#COc1ccc(CC(N=C=O)C(=O)OCC(=O)OCOC(=O)COC(=O)C(Cc2ccc(N=C=O)cc2)N=C=O)cc1. The van der Waals surface area contributed by atoms with Crippen LogP contribution in [0.3, 0.4) is 0 Å². The van der Waals surface area contributed by atoms with Gasteiger partial charge in [0.05, 0.1) is 5.69 Å². The molecule has 0 spiro atoms. The van der Waals surface area contributed by atoms with Crippen LogP contribution in [0.2, 0.25) is 0 Å². The van der Waals surface area contributed by atoms with Crippen LogP contribution in [0.1, 0.15) is 11.1 Å². The van der Waals surface area contributed by atoms with E-state index in [1.165, 1.54) is 73.0 Å². The summed E-state index contributed by atoms with van der Waals surface area (Å²) in [7, 11) is 0. The lowest BCUT2D eigenvalue weighted by Crippen LogP contribution is -2.28. The lowest BCUT2D eigenvalue weighted by molar-refractivity contribution is -0.177. The van der Waals surface area contributed by atoms with Gasteiger partial charge in [-0.15, -0.1) is 5.26 Å². The summed E-state index contributed by atoms with van der Waals surface area (Å²) < 4.78 is 23.4. The van der Waals surface area contributed by atoms with Gasteiger partial charge in [0.2, 0.25) is 25.0 Å². The van der Waals surface area contributed by atoms with Crippen LogP contribution in [0.4, 0.5) is 5.69 Å². The van der Waals surface area contributed by atoms with E-state index in [2.05, 4.69) is 29.2 Å². The summed E-state index contributed by atoms with van der Waals surface area (Å²) in [5.74, 6) is -4.06. The Bertz CT molecular complexity index is 1480. The van der Waals surface area contributed by atoms with Gasteiger partial charge in [-0.2, -0.15) is 15.0 Å². The summed E-state index contributed by atoms with van der Waals surface area (Å²) in [6.45, 7) is -2.72. The molecule has 220 valence electrons. The lowest BCUT2D eigenvalue weighted by atomic mass is 10.1. The monoisotopic (exact) mass is 592 g/mol. The smallest absolute Gasteiger partial charge is 0.347 e. The average molecular weight is 592 g/mol. The van der Waals surface area contributed by atoms with Gasteiger partial charge in [-0.05, 0) is 35.4 Å². The number of esters is 4. The average Bonchev–Trinajstić information content (AvgIpc) is 3.00. The lowest BCUT2D eigenvalue weighted by Gasteiger charge is -2.12. The first-order valence-electron chi connectivity index (χ1n) is 11.9. The Kier molecular flexibility index (Phi) is 13.9. The van der Waals surface area contributed by atoms with Crippen molar-refractivity contribution >= 4 is 47.8 Å². The van der Waals surface area contributed by atoms with Crippen molar-refractivity contribution in [3.8, 4) is 12.0 Å². The maximum absolute atomic E-state index is 12.2. The maximum Gasteiger partial charge on any atom is 0.347 e. The van der Waals surface area contributed by atoms with Crippen LogP contribution in [0.15, 0.2) is 63.5 Å². The highest BCUT2D eigenvalue weighted by atomic mass is 16.7. The number of ether oxygens (including phenoxy) is 5. The van der Waals surface area contributed by atoms with Gasteiger partial charge in [-0.3, -0.25) is 0 Å². The minimum Gasteiger partial charge on any atom is -0.452 e. The first-order chi connectivity index (χ1) is 20.8. The van der Waals surface area contributed by atoms with Crippen molar-refractivity contribution in [3.63, 3.8) is 0 Å². The Morgan fingerprint density at radius 3 is 1.56 bits per heavy atom. The van der Waals surface area contributed by atoms with E-state index in [4.69, 9.17) is 14.7 Å². The first kappa shape index (κ1) is 33.0. The molecule has 0 aliphatic carbocycles. The molecule has 0 bridgehead atoms. The van der Waals surface area contributed by atoms with Crippen LogP contribution in [-0.4, -0.2) is 74.2 Å². The molecule has 0 aliphatic rings. The second-order valence-corrected chi connectivity index (χ2v) is 7.95. The zero-order valence-electron chi connectivity index (χ0n) is 22.0. The number of hydrogen-bond donors (Lipinski definition) is 0. The molecule has 0 aromatic heterocycles. The number of isocyanates is 3. The van der Waals surface area contributed by atoms with Crippen LogP contribution in [0, 0.1) is 11.5 Å². The van der Waals surface area contributed by atoms with Crippen LogP contribution in [0.5, 0.6) is 5.75 Å². The number of rotatable bonds is 16. The van der Waals surface area contributed by atoms with Gasteiger partial charge in [-0.1, -0.05) is 24.3 Å². The van der Waals surface area contributed by atoms with Gasteiger partial charge in [0, 0.05) is 12.8 Å². The van der Waals surface area contributed by atoms with Gasteiger partial charge in [0.1, 0.15) is 5.75 Å². The number of carbonyl (C=O) groups is 4. The van der Waals surface area contributed by atoms with E-state index in [9.17, 15) is 33.6 Å². The van der Waals surface area contributed by atoms with Gasteiger partial charge < -0.3 is 23.7 Å². The molecule has 0 aliphatic heterocycles. The highest BCUT2D eigenvalue weighted by molar-refractivity contribution is 5.82. The first-order valence-corrected chi connectivity index (χ1v) is 11.9. The summed E-state index contributed by atoms with van der Waals surface area (Å²) in [5.41, 5.74) is 1.39. The largest absolute Gasteiger partial charge is 0.452 e. The molecule has 2 rings (SSSR count). The van der Waals surface area contributed by atoms with E-state index < -0.39 is 56.0 Å². The second kappa shape index (κ2) is 18.2. The van der Waals surface area contributed by atoms with Crippen LogP contribution >= 0.6 is 0 Å². The van der Waals surface area contributed by atoms with Crippen LogP contribution in [-0.2, 0) is 65.4 Å². The number of hydrogen-bond acceptors (Lipinski definition) is 16. The Morgan fingerprint density at radius 2 is 1.14 bits per heavy atom. The normalized spacial score (nSPS) is 11.0. The van der Waals surface area contributed by atoms with Gasteiger partial charge in [0.25, 0.3) is 6.26 Å². The third-order valence-electron chi connectivity index (χ3n) is 5.12. The van der Waals surface area contributed by atoms with E-state index in [-0.39, 0.29) is 18.6 Å². The van der Waals surface area contributed by atoms with Crippen LogP contribution < -0.4 is 4.74 Å². The molecule has 16 nitrogen and oxygen atoms in total. The second-order valence-electron chi connectivity index (χ2n) is 7.95. The number of nitriles is 1. The third kappa shape index (κ3) is 12.2. The minimum atomic E-state index is -1.33. The zero-order valence-corrected chi connectivity index (χ0v) is 22.0. The third-order valence-corrected chi connectivity index (χ3v) is 5.12. The molecule has 0 saturated carbocycles. The number of nitrogens with zero attached hydrogens (tertiary/aromatic N) is 4. The fraction of sp³-hybridized carbons (Fsp3) is 0.259. The van der Waals surface area contributed by atoms with E-state index in [0.29, 0.717) is 16.8 Å². The molecule has 16 heteroatoms. The van der Waals surface area contributed by atoms with Crippen molar-refractivity contribution in [3.05, 3.63) is 59.7 Å². The number of benzene rings is 2. The Morgan fingerprint density at radius 1 is 0.674 bits per heavy atom. The van der Waals surface area contributed by atoms with Crippen LogP contribution in [0.25, 0.3) is 0 Å². The zero-order chi connectivity index (χ0) is 31.5. The summed E-state index contributed by atoms with van der Waals surface area (Å²) in [5, 5.41) is 8.51.